The molecule has 0 saturated carbocycles. The van der Waals surface area contributed by atoms with Crippen molar-refractivity contribution in [1.29, 1.82) is 0 Å². The maximum Gasteiger partial charge on any atom is 0.306 e. The molecule has 0 aromatic rings. The highest BCUT2D eigenvalue weighted by molar-refractivity contribution is 5.77. The van der Waals surface area contributed by atoms with Gasteiger partial charge in [-0.05, 0) is 77.0 Å². The number of aliphatic hydroxyl groups excluding tert-OH is 2. The molecule has 3 N–H and O–H groups in total. The van der Waals surface area contributed by atoms with Crippen molar-refractivity contribution in [3.63, 3.8) is 0 Å². The van der Waals surface area contributed by atoms with Crippen LogP contribution < -0.4 is 5.32 Å². The molecule has 1 amide bonds. The van der Waals surface area contributed by atoms with Crippen molar-refractivity contribution >= 4 is 11.9 Å². The summed E-state index contributed by atoms with van der Waals surface area (Å²) >= 11 is 0. The molecule has 3 atom stereocenters. The first-order valence-corrected chi connectivity index (χ1v) is 24.3. The molecule has 0 aromatic heterocycles. The quantitative estimate of drug-likeness (QED) is 0.0247. The van der Waals surface area contributed by atoms with E-state index in [0.717, 1.165) is 77.0 Å². The molecule has 0 bridgehead atoms. The highest BCUT2D eigenvalue weighted by atomic mass is 16.5. The second-order valence-corrected chi connectivity index (χ2v) is 15.8. The van der Waals surface area contributed by atoms with Gasteiger partial charge in [0.25, 0.3) is 0 Å². The van der Waals surface area contributed by atoms with Gasteiger partial charge < -0.3 is 20.3 Å². The van der Waals surface area contributed by atoms with Crippen LogP contribution in [-0.2, 0) is 14.3 Å². The number of aliphatic hydroxyl groups is 2. The molecule has 0 aliphatic heterocycles. The maximum absolute atomic E-state index is 13.1. The van der Waals surface area contributed by atoms with Crippen LogP contribution in [0.5, 0.6) is 0 Å². The molecule has 61 heavy (non-hydrogen) atoms. The minimum absolute atomic E-state index is 0.00678. The second-order valence-electron chi connectivity index (χ2n) is 15.8. The molecule has 0 saturated heterocycles. The number of ether oxygens (including phenoxy) is 1. The average molecular weight is 844 g/mol. The molecule has 6 nitrogen and oxygen atoms in total. The van der Waals surface area contributed by atoms with E-state index < -0.39 is 18.2 Å². The van der Waals surface area contributed by atoms with Crippen LogP contribution in [0.4, 0.5) is 0 Å². The number of hydrogen-bond acceptors (Lipinski definition) is 5. The van der Waals surface area contributed by atoms with E-state index in [-0.39, 0.29) is 31.3 Å². The maximum atomic E-state index is 13.1. The van der Waals surface area contributed by atoms with Gasteiger partial charge in [0.1, 0.15) is 6.10 Å². The number of unbranched alkanes of at least 4 members (excludes halogenated alkanes) is 12. The Kier molecular flexibility index (Phi) is 44.4. The van der Waals surface area contributed by atoms with Crippen LogP contribution in [0.2, 0.25) is 0 Å². The van der Waals surface area contributed by atoms with E-state index in [1.165, 1.54) is 57.8 Å². The molecule has 0 rings (SSSR count). The fourth-order valence-electron chi connectivity index (χ4n) is 6.53. The number of amides is 1. The smallest absolute Gasteiger partial charge is 0.306 e. The zero-order valence-corrected chi connectivity index (χ0v) is 39.0. The largest absolute Gasteiger partial charge is 0.462 e. The normalized spacial score (nSPS) is 14.4. The molecule has 6 heteroatoms. The summed E-state index contributed by atoms with van der Waals surface area (Å²) in [6.07, 6.45) is 65.6. The Morgan fingerprint density at radius 1 is 0.508 bits per heavy atom. The lowest BCUT2D eigenvalue weighted by atomic mass is 10.0. The lowest BCUT2D eigenvalue weighted by Gasteiger charge is -2.24. The predicted octanol–water partition coefficient (Wildman–Crippen LogP) is 14.5. The van der Waals surface area contributed by atoms with Crippen LogP contribution in [0.15, 0.2) is 122 Å². The van der Waals surface area contributed by atoms with Crippen molar-refractivity contribution < 1.29 is 24.5 Å². The van der Waals surface area contributed by atoms with E-state index in [4.69, 9.17) is 4.74 Å². The Morgan fingerprint density at radius 2 is 0.967 bits per heavy atom. The third-order valence-electron chi connectivity index (χ3n) is 10.1. The zero-order valence-electron chi connectivity index (χ0n) is 39.0. The number of carbonyl (C=O) groups is 2. The molecular weight excluding hydrogens is 755 g/mol. The first-order chi connectivity index (χ1) is 30.0. The summed E-state index contributed by atoms with van der Waals surface area (Å²) in [5.41, 5.74) is 0. The summed E-state index contributed by atoms with van der Waals surface area (Å²) in [5.74, 6) is -0.657. The zero-order chi connectivity index (χ0) is 44.5. The number of carbonyl (C=O) groups excluding carboxylic acids is 2. The van der Waals surface area contributed by atoms with Crippen molar-refractivity contribution in [1.82, 2.24) is 5.32 Å². The fourth-order valence-corrected chi connectivity index (χ4v) is 6.53. The molecule has 0 aliphatic rings. The number of nitrogens with one attached hydrogen (secondary N) is 1. The van der Waals surface area contributed by atoms with Gasteiger partial charge in [0.05, 0.1) is 25.2 Å². The van der Waals surface area contributed by atoms with E-state index in [9.17, 15) is 19.8 Å². The van der Waals surface area contributed by atoms with E-state index in [0.29, 0.717) is 19.3 Å². The number of allylic oxidation sites excluding steroid dienone is 20. The lowest BCUT2D eigenvalue weighted by molar-refractivity contribution is -0.150. The monoisotopic (exact) mass is 844 g/mol. The highest BCUT2D eigenvalue weighted by Gasteiger charge is 2.23. The van der Waals surface area contributed by atoms with Gasteiger partial charge in [0.15, 0.2) is 0 Å². The fraction of sp³-hybridized carbons (Fsp3) is 0.600. The van der Waals surface area contributed by atoms with Crippen LogP contribution in [0.3, 0.4) is 0 Å². The van der Waals surface area contributed by atoms with Crippen LogP contribution >= 0.6 is 0 Å². The first kappa shape index (κ1) is 57.3. The van der Waals surface area contributed by atoms with Gasteiger partial charge in [-0.3, -0.25) is 9.59 Å². The topological polar surface area (TPSA) is 95.9 Å². The number of esters is 1. The van der Waals surface area contributed by atoms with E-state index in [1.54, 1.807) is 0 Å². The Morgan fingerprint density at radius 3 is 1.48 bits per heavy atom. The van der Waals surface area contributed by atoms with Gasteiger partial charge in [0, 0.05) is 6.42 Å². The average Bonchev–Trinajstić information content (AvgIpc) is 3.25. The Balaban J connectivity index is 4.76. The summed E-state index contributed by atoms with van der Waals surface area (Å²) in [7, 11) is 0. The number of rotatable bonds is 41. The second kappa shape index (κ2) is 47.3. The molecule has 0 heterocycles. The minimum Gasteiger partial charge on any atom is -0.462 e. The molecule has 0 fully saturated rings. The first-order valence-electron chi connectivity index (χ1n) is 24.3. The summed E-state index contributed by atoms with van der Waals surface area (Å²) in [6.45, 7) is 6.16. The molecule has 3 unspecified atom stereocenters. The molecule has 344 valence electrons. The van der Waals surface area contributed by atoms with Crippen molar-refractivity contribution in [2.45, 2.75) is 206 Å². The summed E-state index contributed by atoms with van der Waals surface area (Å²) in [5, 5.41) is 23.6. The van der Waals surface area contributed by atoms with E-state index in [1.807, 2.05) is 42.5 Å². The van der Waals surface area contributed by atoms with E-state index in [2.05, 4.69) is 105 Å². The third-order valence-corrected chi connectivity index (χ3v) is 10.1. The molecule has 0 spiro atoms. The predicted molar refractivity (Wildman–Crippen MR) is 263 cm³/mol. The molecule has 0 radical (unpaired) electrons. The van der Waals surface area contributed by atoms with Gasteiger partial charge in [-0.15, -0.1) is 0 Å². The summed E-state index contributed by atoms with van der Waals surface area (Å²) in [6, 6.07) is -0.745. The van der Waals surface area contributed by atoms with Gasteiger partial charge in [0.2, 0.25) is 5.91 Å². The molecular formula is C55H89NO5. The van der Waals surface area contributed by atoms with Gasteiger partial charge in [-0.1, -0.05) is 219 Å². The molecule has 0 aromatic carbocycles. The van der Waals surface area contributed by atoms with Crippen LogP contribution in [0, 0.1) is 0 Å². The van der Waals surface area contributed by atoms with E-state index >= 15 is 0 Å². The Hall–Kier alpha value is -3.74. The SMILES string of the molecule is CC/C=C\C/C=C\C/C=C\C/C=C\C/C=C\C/C=C\CCC(=O)OC(CCC\C=C/C=C\C=C\C=C\CC)CC(=O)NC(CO)C(O)CCCCCCCCCCCCCC. The summed E-state index contributed by atoms with van der Waals surface area (Å²) in [4.78, 5) is 26.0. The van der Waals surface area contributed by atoms with Crippen molar-refractivity contribution in [2.75, 3.05) is 6.61 Å². The van der Waals surface area contributed by atoms with Crippen molar-refractivity contribution in [3.05, 3.63) is 122 Å². The highest BCUT2D eigenvalue weighted by Crippen LogP contribution is 2.16. The third kappa shape index (κ3) is 42.7. The van der Waals surface area contributed by atoms with Crippen LogP contribution in [0.25, 0.3) is 0 Å². The van der Waals surface area contributed by atoms with Crippen molar-refractivity contribution in [3.8, 4) is 0 Å². The van der Waals surface area contributed by atoms with Gasteiger partial charge >= 0.3 is 5.97 Å². The Bertz CT molecular complexity index is 1310. The minimum atomic E-state index is -0.824. The van der Waals surface area contributed by atoms with Crippen LogP contribution in [0.1, 0.15) is 188 Å². The molecule has 0 aliphatic carbocycles. The van der Waals surface area contributed by atoms with Crippen LogP contribution in [-0.4, -0.2) is 46.9 Å². The Labute approximate surface area is 374 Å². The standard InChI is InChI=1S/C55H89NO5/c1-4-7-10-13-16-19-22-24-25-26-27-28-29-30-33-36-39-42-45-48-55(60)61-51(46-43-40-37-34-31-21-18-15-12-9-6-3)49-54(59)56-52(50-57)53(58)47-44-41-38-35-32-23-20-17-14-11-8-5-2/h7,9-10,12,15-16,18-19,21,24-25,27-28,30-31,33-34,37,39,42,51-53,57-58H,4-6,8,11,13-14,17,20,22-23,26,29,32,35-36,38,40-41,43-50H2,1-3H3,(H,56,59)/b10-7-,12-9+,18-15+,19-16-,25-24-,28-27-,31-21-,33-30-,37-34-,42-39-. The lowest BCUT2D eigenvalue weighted by Crippen LogP contribution is -2.46. The number of hydrogen-bond donors (Lipinski definition) is 3. The van der Waals surface area contributed by atoms with Gasteiger partial charge in [-0.25, -0.2) is 0 Å². The summed E-state index contributed by atoms with van der Waals surface area (Å²) < 4.78 is 5.83. The van der Waals surface area contributed by atoms with Crippen molar-refractivity contribution in [2.24, 2.45) is 0 Å². The van der Waals surface area contributed by atoms with Gasteiger partial charge in [-0.2, -0.15) is 0 Å².